The Morgan fingerprint density at radius 1 is 0.929 bits per heavy atom. The van der Waals surface area contributed by atoms with E-state index in [1.807, 2.05) is 54.1 Å². The van der Waals surface area contributed by atoms with Gasteiger partial charge in [-0.25, -0.2) is 0 Å². The van der Waals surface area contributed by atoms with E-state index in [2.05, 4.69) is 5.32 Å². The first kappa shape index (κ1) is 16.8. The Morgan fingerprint density at radius 2 is 1.68 bits per heavy atom. The van der Waals surface area contributed by atoms with Crippen molar-refractivity contribution in [2.45, 2.75) is 0 Å². The number of hydrogen-bond acceptors (Lipinski definition) is 3. The number of carbonyl (C=O) groups excluding carboxylic acids is 2. The number of benzene rings is 3. The van der Waals surface area contributed by atoms with Gasteiger partial charge in [0, 0.05) is 34.5 Å². The van der Waals surface area contributed by atoms with Crippen LogP contribution in [-0.4, -0.2) is 23.5 Å². The summed E-state index contributed by atoms with van der Waals surface area (Å²) < 4.78 is 7.35. The van der Waals surface area contributed by atoms with Crippen molar-refractivity contribution >= 4 is 45.2 Å². The van der Waals surface area contributed by atoms with Gasteiger partial charge in [-0.1, -0.05) is 29.8 Å². The van der Waals surface area contributed by atoms with E-state index in [0.29, 0.717) is 21.7 Å². The Hall–Kier alpha value is -3.31. The van der Waals surface area contributed by atoms with Gasteiger partial charge in [-0.05, 0) is 29.8 Å². The van der Waals surface area contributed by atoms with E-state index < -0.39 is 5.91 Å². The molecular weight excluding hydrogens is 376 g/mol. The van der Waals surface area contributed by atoms with Gasteiger partial charge in [-0.3, -0.25) is 14.9 Å². The van der Waals surface area contributed by atoms with E-state index in [4.69, 9.17) is 16.3 Å². The normalized spacial score (nSPS) is 13.2. The van der Waals surface area contributed by atoms with Crippen LogP contribution in [0.1, 0.15) is 20.7 Å². The zero-order valence-electron chi connectivity index (χ0n) is 15.2. The summed E-state index contributed by atoms with van der Waals surface area (Å²) in [7, 11) is 3.55. The second-order valence-electron chi connectivity index (χ2n) is 6.77. The van der Waals surface area contributed by atoms with E-state index >= 15 is 0 Å². The number of halogens is 1. The Balaban J connectivity index is 2.00. The molecule has 28 heavy (non-hydrogen) atoms. The Kier molecular flexibility index (Phi) is 3.51. The number of nitrogens with one attached hydrogen (secondary N) is 1. The lowest BCUT2D eigenvalue weighted by Gasteiger charge is -2.10. The molecule has 4 aromatic rings. The number of amides is 2. The van der Waals surface area contributed by atoms with Gasteiger partial charge in [0.05, 0.1) is 29.3 Å². The minimum Gasteiger partial charge on any atom is -0.497 e. The maximum atomic E-state index is 12.7. The van der Waals surface area contributed by atoms with Gasteiger partial charge < -0.3 is 9.30 Å². The van der Waals surface area contributed by atoms with Crippen LogP contribution < -0.4 is 10.1 Å². The summed E-state index contributed by atoms with van der Waals surface area (Å²) in [5, 5.41) is 4.62. The minimum absolute atomic E-state index is 0.369. The molecule has 0 atom stereocenters. The second kappa shape index (κ2) is 5.84. The summed E-state index contributed by atoms with van der Waals surface area (Å²) >= 11 is 6.41. The highest BCUT2D eigenvalue weighted by Gasteiger charge is 2.34. The number of aromatic nitrogens is 1. The predicted molar refractivity (Wildman–Crippen MR) is 109 cm³/mol. The number of aryl methyl sites for hydroxylation is 1. The summed E-state index contributed by atoms with van der Waals surface area (Å²) in [6.07, 6.45) is 0. The first-order valence-electron chi connectivity index (χ1n) is 8.75. The van der Waals surface area contributed by atoms with Gasteiger partial charge in [0.2, 0.25) is 0 Å². The fourth-order valence-corrected chi connectivity index (χ4v) is 4.28. The molecule has 0 saturated heterocycles. The highest BCUT2D eigenvalue weighted by atomic mass is 35.5. The molecule has 0 unspecified atom stereocenters. The van der Waals surface area contributed by atoms with E-state index in [0.717, 1.165) is 33.1 Å². The molecular formula is C22H15ClN2O3. The number of rotatable bonds is 2. The van der Waals surface area contributed by atoms with Crippen molar-refractivity contribution in [3.63, 3.8) is 0 Å². The third kappa shape index (κ3) is 2.14. The Morgan fingerprint density at radius 3 is 2.43 bits per heavy atom. The fraction of sp³-hybridized carbons (Fsp3) is 0.0909. The minimum atomic E-state index is -0.401. The zero-order valence-corrected chi connectivity index (χ0v) is 15.9. The number of methoxy groups -OCH3 is 1. The van der Waals surface area contributed by atoms with Crippen LogP contribution in [0.3, 0.4) is 0 Å². The van der Waals surface area contributed by atoms with Crippen LogP contribution >= 0.6 is 11.6 Å². The monoisotopic (exact) mass is 390 g/mol. The molecule has 0 fully saturated rings. The molecule has 1 aliphatic rings. The average molecular weight is 391 g/mol. The standard InChI is InChI=1S/C22H15ClN2O3/c1-25-16-9-11(28-2)7-8-13(16)18-17(25)10-14(12-5-3-4-6-15(12)23)19-20(18)22(27)24-21(19)26/h3-10H,1-2H3,(H,24,26,27). The smallest absolute Gasteiger partial charge is 0.259 e. The molecule has 0 aliphatic carbocycles. The summed E-state index contributed by atoms with van der Waals surface area (Å²) in [6.45, 7) is 0. The molecule has 0 radical (unpaired) electrons. The first-order valence-corrected chi connectivity index (χ1v) is 9.12. The van der Waals surface area contributed by atoms with Crippen molar-refractivity contribution in [2.75, 3.05) is 7.11 Å². The second-order valence-corrected chi connectivity index (χ2v) is 7.18. The van der Waals surface area contributed by atoms with Crippen LogP contribution in [0.4, 0.5) is 0 Å². The molecule has 3 aromatic carbocycles. The SMILES string of the molecule is COc1ccc2c3c4c(c(-c5ccccc5Cl)cc3n(C)c2c1)C(=O)NC4=O. The number of imide groups is 1. The van der Waals surface area contributed by atoms with Crippen molar-refractivity contribution in [1.29, 1.82) is 0 Å². The molecule has 2 amide bonds. The lowest BCUT2D eigenvalue weighted by molar-refractivity contribution is 0.0880. The summed E-state index contributed by atoms with van der Waals surface area (Å²) in [5.74, 6) is -0.0635. The maximum absolute atomic E-state index is 12.7. The molecule has 5 nitrogen and oxygen atoms in total. The summed E-state index contributed by atoms with van der Waals surface area (Å²) in [5.41, 5.74) is 3.90. The maximum Gasteiger partial charge on any atom is 0.259 e. The molecule has 1 N–H and O–H groups in total. The topological polar surface area (TPSA) is 60.3 Å². The third-order valence-electron chi connectivity index (χ3n) is 5.35. The third-order valence-corrected chi connectivity index (χ3v) is 5.68. The van der Waals surface area contributed by atoms with Crippen LogP contribution in [0.2, 0.25) is 5.02 Å². The zero-order chi connectivity index (χ0) is 19.6. The van der Waals surface area contributed by atoms with Crippen molar-refractivity contribution in [3.05, 3.63) is 64.7 Å². The molecule has 6 heteroatoms. The van der Waals surface area contributed by atoms with E-state index in [-0.39, 0.29) is 5.91 Å². The van der Waals surface area contributed by atoms with Crippen LogP contribution in [0.5, 0.6) is 5.75 Å². The van der Waals surface area contributed by atoms with Gasteiger partial charge in [-0.2, -0.15) is 0 Å². The van der Waals surface area contributed by atoms with Crippen LogP contribution in [0, 0.1) is 0 Å². The predicted octanol–water partition coefficient (Wildman–Crippen LogP) is 4.54. The average Bonchev–Trinajstić information content (AvgIpc) is 3.15. The number of nitrogens with zero attached hydrogens (tertiary/aromatic N) is 1. The summed E-state index contributed by atoms with van der Waals surface area (Å²) in [6, 6.07) is 14.9. The molecule has 2 heterocycles. The molecule has 1 aromatic heterocycles. The highest BCUT2D eigenvalue weighted by molar-refractivity contribution is 6.36. The molecule has 5 rings (SSSR count). The molecule has 138 valence electrons. The van der Waals surface area contributed by atoms with Crippen molar-refractivity contribution in [2.24, 2.45) is 7.05 Å². The number of fused-ring (bicyclic) bond motifs is 5. The van der Waals surface area contributed by atoms with Crippen molar-refractivity contribution in [3.8, 4) is 16.9 Å². The summed E-state index contributed by atoms with van der Waals surface area (Å²) in [4.78, 5) is 25.4. The van der Waals surface area contributed by atoms with Crippen LogP contribution in [0.15, 0.2) is 48.5 Å². The van der Waals surface area contributed by atoms with E-state index in [9.17, 15) is 9.59 Å². The Labute approximate surface area is 165 Å². The highest BCUT2D eigenvalue weighted by Crippen LogP contribution is 2.42. The number of hydrogen-bond donors (Lipinski definition) is 1. The molecule has 1 aliphatic heterocycles. The van der Waals surface area contributed by atoms with E-state index in [1.54, 1.807) is 13.2 Å². The lowest BCUT2D eigenvalue weighted by atomic mass is 9.93. The van der Waals surface area contributed by atoms with Crippen LogP contribution in [-0.2, 0) is 7.05 Å². The number of carbonyl (C=O) groups is 2. The van der Waals surface area contributed by atoms with E-state index in [1.165, 1.54) is 0 Å². The molecule has 0 saturated carbocycles. The van der Waals surface area contributed by atoms with Crippen LogP contribution in [0.25, 0.3) is 32.9 Å². The van der Waals surface area contributed by atoms with Gasteiger partial charge in [0.25, 0.3) is 11.8 Å². The molecule has 0 bridgehead atoms. The van der Waals surface area contributed by atoms with Crippen molar-refractivity contribution in [1.82, 2.24) is 9.88 Å². The Bertz CT molecular complexity index is 1340. The number of ether oxygens (including phenoxy) is 1. The molecule has 0 spiro atoms. The first-order chi connectivity index (χ1) is 13.5. The van der Waals surface area contributed by atoms with Crippen molar-refractivity contribution < 1.29 is 14.3 Å². The van der Waals surface area contributed by atoms with Gasteiger partial charge in [0.1, 0.15) is 5.75 Å². The van der Waals surface area contributed by atoms with Gasteiger partial charge in [0.15, 0.2) is 0 Å². The largest absolute Gasteiger partial charge is 0.497 e. The fourth-order valence-electron chi connectivity index (χ4n) is 4.05. The van der Waals surface area contributed by atoms with Gasteiger partial charge >= 0.3 is 0 Å². The lowest BCUT2D eigenvalue weighted by Crippen LogP contribution is -2.20. The van der Waals surface area contributed by atoms with Gasteiger partial charge in [-0.15, -0.1) is 0 Å². The quantitative estimate of drug-likeness (QED) is 0.511.